The maximum absolute atomic E-state index is 13.7. The maximum atomic E-state index is 13.7. The van der Waals surface area contributed by atoms with E-state index in [4.69, 9.17) is 9.72 Å². The molecule has 0 aliphatic carbocycles. The first kappa shape index (κ1) is 21.7. The quantitative estimate of drug-likeness (QED) is 0.577. The van der Waals surface area contributed by atoms with Crippen LogP contribution >= 0.6 is 0 Å². The van der Waals surface area contributed by atoms with Crippen molar-refractivity contribution in [3.05, 3.63) is 70.3 Å². The lowest BCUT2D eigenvalue weighted by molar-refractivity contribution is -0.181. The minimum absolute atomic E-state index is 0.00111. The summed E-state index contributed by atoms with van der Waals surface area (Å²) in [5.41, 5.74) is -0.553. The molecule has 184 valence electrons. The fourth-order valence-corrected chi connectivity index (χ4v) is 6.61. The summed E-state index contributed by atoms with van der Waals surface area (Å²) in [7, 11) is 0. The number of carbonyl (C=O) groups excluding carboxylic acids is 2. The van der Waals surface area contributed by atoms with Crippen LogP contribution in [0.25, 0.3) is 10.9 Å². The van der Waals surface area contributed by atoms with E-state index >= 15 is 0 Å². The molecule has 5 aliphatic rings. The third-order valence-electron chi connectivity index (χ3n) is 8.01. The third kappa shape index (κ3) is 2.62. The second-order valence-electron chi connectivity index (χ2n) is 10.8. The van der Waals surface area contributed by atoms with Crippen molar-refractivity contribution in [2.75, 3.05) is 4.90 Å². The lowest BCUT2D eigenvalue weighted by atomic mass is 9.86. The van der Waals surface area contributed by atoms with Crippen molar-refractivity contribution in [2.24, 2.45) is 5.92 Å². The maximum Gasteiger partial charge on any atom is 0.262 e. The van der Waals surface area contributed by atoms with E-state index in [1.165, 1.54) is 4.57 Å². The number of benzene rings is 2. The molecule has 8 rings (SSSR count). The molecule has 0 saturated carbocycles. The number of nitrogens with one attached hydrogen (secondary N) is 2. The van der Waals surface area contributed by atoms with Crippen molar-refractivity contribution in [3.63, 3.8) is 0 Å². The van der Waals surface area contributed by atoms with Gasteiger partial charge in [0.15, 0.2) is 11.5 Å². The molecule has 5 aliphatic heterocycles. The molecule has 3 aromatic rings. The van der Waals surface area contributed by atoms with Gasteiger partial charge in [-0.2, -0.15) is 0 Å². The van der Waals surface area contributed by atoms with E-state index in [9.17, 15) is 14.4 Å². The van der Waals surface area contributed by atoms with Crippen molar-refractivity contribution >= 4 is 28.4 Å². The zero-order valence-electron chi connectivity index (χ0n) is 20.3. The highest BCUT2D eigenvalue weighted by Crippen LogP contribution is 2.56. The number of hydrogen-bond acceptors (Lipinski definition) is 6. The Morgan fingerprint density at radius 3 is 2.67 bits per heavy atom. The Morgan fingerprint density at radius 1 is 1.11 bits per heavy atom. The number of nitrogens with zero attached hydrogens (tertiary/aromatic N) is 3. The summed E-state index contributed by atoms with van der Waals surface area (Å²) in [6.07, 6.45) is 0.364. The average Bonchev–Trinajstić information content (AvgIpc) is 3.20. The van der Waals surface area contributed by atoms with Gasteiger partial charge < -0.3 is 10.1 Å². The third-order valence-corrected chi connectivity index (χ3v) is 8.01. The lowest BCUT2D eigenvalue weighted by Crippen LogP contribution is -2.57. The van der Waals surface area contributed by atoms with Crippen LogP contribution in [0, 0.1) is 5.92 Å². The number of carbonyl (C=O) groups is 2. The molecule has 2 aromatic carbocycles. The highest BCUT2D eigenvalue weighted by atomic mass is 16.5. The molecule has 2 fully saturated rings. The number of ether oxygens (including phenoxy) is 1. The Kier molecular flexibility index (Phi) is 4.23. The number of aromatic nitrogens is 2. The normalized spacial score (nSPS) is 32.1. The summed E-state index contributed by atoms with van der Waals surface area (Å²) in [5.74, 6) is 0.400. The SMILES string of the molecule is CC(C)CC1NC2N(C1=O)c1ccccc1C21CC2C(=O)NC(C)(O1)c1nc3ccccc3c(=O)n12. The van der Waals surface area contributed by atoms with Gasteiger partial charge in [0.2, 0.25) is 11.8 Å². The van der Waals surface area contributed by atoms with Crippen molar-refractivity contribution in [2.45, 2.75) is 63.2 Å². The first-order chi connectivity index (χ1) is 17.2. The molecule has 5 unspecified atom stereocenters. The first-order valence-electron chi connectivity index (χ1n) is 12.5. The molecule has 5 atom stereocenters. The van der Waals surface area contributed by atoms with Crippen LogP contribution in [-0.4, -0.2) is 33.6 Å². The summed E-state index contributed by atoms with van der Waals surface area (Å²) >= 11 is 0. The molecule has 9 heteroatoms. The van der Waals surface area contributed by atoms with Gasteiger partial charge in [-0.15, -0.1) is 0 Å². The van der Waals surface area contributed by atoms with Gasteiger partial charge in [-0.3, -0.25) is 29.2 Å². The zero-order valence-corrected chi connectivity index (χ0v) is 20.3. The summed E-state index contributed by atoms with van der Waals surface area (Å²) in [6.45, 7) is 5.93. The van der Waals surface area contributed by atoms with Gasteiger partial charge >= 0.3 is 0 Å². The molecule has 0 radical (unpaired) electrons. The molecule has 1 spiro atoms. The van der Waals surface area contributed by atoms with Crippen molar-refractivity contribution < 1.29 is 14.3 Å². The molecule has 2 amide bonds. The smallest absolute Gasteiger partial charge is 0.262 e. The molecule has 6 heterocycles. The van der Waals surface area contributed by atoms with E-state index in [1.807, 2.05) is 30.3 Å². The highest BCUT2D eigenvalue weighted by molar-refractivity contribution is 6.03. The summed E-state index contributed by atoms with van der Waals surface area (Å²) in [5, 5.41) is 7.01. The summed E-state index contributed by atoms with van der Waals surface area (Å²) < 4.78 is 8.47. The van der Waals surface area contributed by atoms with E-state index in [0.717, 1.165) is 11.3 Å². The molecule has 2 N–H and O–H groups in total. The van der Waals surface area contributed by atoms with Crippen LogP contribution < -0.4 is 21.1 Å². The number of fused-ring (bicyclic) bond motifs is 5. The van der Waals surface area contributed by atoms with Crippen molar-refractivity contribution in [3.8, 4) is 0 Å². The Hall–Kier alpha value is -3.56. The number of amides is 2. The molecule has 2 saturated heterocycles. The minimum atomic E-state index is -1.38. The van der Waals surface area contributed by atoms with Crippen LogP contribution in [0.4, 0.5) is 5.69 Å². The van der Waals surface area contributed by atoms with E-state index < -0.39 is 23.5 Å². The van der Waals surface area contributed by atoms with E-state index in [-0.39, 0.29) is 29.8 Å². The van der Waals surface area contributed by atoms with Gasteiger partial charge in [0.05, 0.1) is 22.6 Å². The Morgan fingerprint density at radius 2 is 1.86 bits per heavy atom. The van der Waals surface area contributed by atoms with Gasteiger partial charge in [0, 0.05) is 12.0 Å². The van der Waals surface area contributed by atoms with Gasteiger partial charge in [-0.05, 0) is 37.5 Å². The predicted octanol–water partition coefficient (Wildman–Crippen LogP) is 2.25. The number of hydrogen-bond donors (Lipinski definition) is 2. The minimum Gasteiger partial charge on any atom is -0.334 e. The molecule has 1 aromatic heterocycles. The van der Waals surface area contributed by atoms with E-state index in [2.05, 4.69) is 24.5 Å². The predicted molar refractivity (Wildman–Crippen MR) is 132 cm³/mol. The molecule has 9 nitrogen and oxygen atoms in total. The Labute approximate surface area is 207 Å². The molecular formula is C27H27N5O4. The van der Waals surface area contributed by atoms with Crippen LogP contribution in [0.15, 0.2) is 53.3 Å². The van der Waals surface area contributed by atoms with Gasteiger partial charge in [0.25, 0.3) is 5.56 Å². The fraction of sp³-hybridized carbons (Fsp3) is 0.407. The van der Waals surface area contributed by atoms with Crippen LogP contribution in [0.2, 0.25) is 0 Å². The van der Waals surface area contributed by atoms with Gasteiger partial charge in [-0.1, -0.05) is 44.2 Å². The Balaban J connectivity index is 1.46. The average molecular weight is 486 g/mol. The second kappa shape index (κ2) is 7.02. The fourth-order valence-electron chi connectivity index (χ4n) is 6.61. The summed E-state index contributed by atoms with van der Waals surface area (Å²) in [6, 6.07) is 13.6. The Bertz CT molecular complexity index is 1530. The largest absolute Gasteiger partial charge is 0.334 e. The summed E-state index contributed by atoms with van der Waals surface area (Å²) in [4.78, 5) is 47.4. The van der Waals surface area contributed by atoms with E-state index in [0.29, 0.717) is 29.1 Å². The van der Waals surface area contributed by atoms with Crippen LogP contribution in [0.1, 0.15) is 51.0 Å². The van der Waals surface area contributed by atoms with Crippen molar-refractivity contribution in [1.29, 1.82) is 0 Å². The number of anilines is 1. The van der Waals surface area contributed by atoms with E-state index in [1.54, 1.807) is 30.0 Å². The number of rotatable bonds is 2. The van der Waals surface area contributed by atoms with Gasteiger partial charge in [-0.25, -0.2) is 4.98 Å². The van der Waals surface area contributed by atoms with Crippen LogP contribution in [-0.2, 0) is 25.7 Å². The highest BCUT2D eigenvalue weighted by Gasteiger charge is 2.66. The molecule has 2 bridgehead atoms. The van der Waals surface area contributed by atoms with Gasteiger partial charge in [0.1, 0.15) is 17.8 Å². The van der Waals surface area contributed by atoms with Crippen LogP contribution in [0.3, 0.4) is 0 Å². The molecule has 36 heavy (non-hydrogen) atoms. The standard InChI is InChI=1S/C27H27N5O4/c1-14(2)12-18-23(35)31-19-11-7-5-9-16(19)27(25(31)29-18)13-20-21(33)30-26(3,36-27)24-28-17-10-6-4-8-15(17)22(34)32(20)24/h4-11,14,18,20,25,29H,12-13H2,1-3H3,(H,30,33). The molecular weight excluding hydrogens is 458 g/mol. The lowest BCUT2D eigenvalue weighted by Gasteiger charge is -2.40. The number of para-hydroxylation sites is 2. The second-order valence-corrected chi connectivity index (χ2v) is 10.8. The first-order valence-corrected chi connectivity index (χ1v) is 12.5. The van der Waals surface area contributed by atoms with Crippen molar-refractivity contribution in [1.82, 2.24) is 20.2 Å². The zero-order chi connectivity index (χ0) is 25.0. The topological polar surface area (TPSA) is 106 Å². The monoisotopic (exact) mass is 485 g/mol. The van der Waals surface area contributed by atoms with Crippen LogP contribution in [0.5, 0.6) is 0 Å².